The molecule has 3 rings (SSSR count). The lowest BCUT2D eigenvalue weighted by atomic mass is 10.1. The lowest BCUT2D eigenvalue weighted by Crippen LogP contribution is -2.42. The Labute approximate surface area is 161 Å². The number of para-hydroxylation sites is 1. The van der Waals surface area contributed by atoms with Gasteiger partial charge in [-0.15, -0.1) is 0 Å². The highest BCUT2D eigenvalue weighted by Gasteiger charge is 2.32. The molecule has 0 unspecified atom stereocenters. The Morgan fingerprint density at radius 1 is 1.04 bits per heavy atom. The molecule has 0 atom stereocenters. The summed E-state index contributed by atoms with van der Waals surface area (Å²) < 4.78 is 1.80. The Bertz CT molecular complexity index is 893. The highest BCUT2D eigenvalue weighted by molar-refractivity contribution is 6.02. The average molecular weight is 383 g/mol. The van der Waals surface area contributed by atoms with Gasteiger partial charge in [-0.05, 0) is 30.7 Å². The summed E-state index contributed by atoms with van der Waals surface area (Å²) in [4.78, 5) is 50.3. The predicted octanol–water partition coefficient (Wildman–Crippen LogP) is 0.913. The van der Waals surface area contributed by atoms with E-state index in [1.165, 1.54) is 4.90 Å². The molecule has 1 aromatic carbocycles. The molecule has 0 bridgehead atoms. The summed E-state index contributed by atoms with van der Waals surface area (Å²) in [7, 11) is 1.55. The van der Waals surface area contributed by atoms with E-state index >= 15 is 0 Å². The van der Waals surface area contributed by atoms with Gasteiger partial charge in [0.1, 0.15) is 6.54 Å². The summed E-state index contributed by atoms with van der Waals surface area (Å²) >= 11 is 0. The van der Waals surface area contributed by atoms with E-state index in [1.54, 1.807) is 29.8 Å². The van der Waals surface area contributed by atoms with E-state index in [9.17, 15) is 19.2 Å². The van der Waals surface area contributed by atoms with Crippen LogP contribution in [0.15, 0.2) is 48.8 Å². The normalized spacial score (nSPS) is 13.8. The van der Waals surface area contributed by atoms with Crippen molar-refractivity contribution in [3.05, 3.63) is 54.4 Å². The van der Waals surface area contributed by atoms with Gasteiger partial charge in [-0.1, -0.05) is 12.1 Å². The molecule has 1 fully saturated rings. The molecule has 2 aromatic rings. The summed E-state index contributed by atoms with van der Waals surface area (Å²) in [5.41, 5.74) is 5.86. The topological polar surface area (TPSA) is 104 Å². The van der Waals surface area contributed by atoms with E-state index in [4.69, 9.17) is 0 Å². The van der Waals surface area contributed by atoms with Crippen LogP contribution < -0.4 is 10.9 Å². The number of amides is 5. The molecule has 2 heterocycles. The van der Waals surface area contributed by atoms with Crippen LogP contribution in [0.4, 0.5) is 4.79 Å². The van der Waals surface area contributed by atoms with Crippen molar-refractivity contribution in [2.45, 2.75) is 12.8 Å². The molecule has 28 heavy (non-hydrogen) atoms. The van der Waals surface area contributed by atoms with Crippen LogP contribution in [0.2, 0.25) is 0 Å². The minimum atomic E-state index is -0.441. The van der Waals surface area contributed by atoms with Gasteiger partial charge in [0, 0.05) is 32.4 Å². The molecule has 0 aliphatic carbocycles. The number of carbonyl (C=O) groups is 4. The van der Waals surface area contributed by atoms with E-state index < -0.39 is 11.8 Å². The standard InChI is InChI=1S/C19H21N5O4/c1-22-13-17(26)24(19(22)28)12-6-9-16(25)20-21-18(27)14-7-2-3-8-15(14)23-10-4-5-11-23/h2-5,7-8,10-11H,6,9,12-13H2,1H3,(H,20,25)(H,21,27). The number of carbonyl (C=O) groups excluding carboxylic acids is 4. The van der Waals surface area contributed by atoms with Gasteiger partial charge in [-0.25, -0.2) is 4.79 Å². The molecule has 0 spiro atoms. The maximum absolute atomic E-state index is 12.4. The van der Waals surface area contributed by atoms with Gasteiger partial charge in [0.15, 0.2) is 0 Å². The van der Waals surface area contributed by atoms with Crippen LogP contribution in [-0.4, -0.2) is 58.3 Å². The van der Waals surface area contributed by atoms with Gasteiger partial charge in [0.05, 0.1) is 11.3 Å². The Kier molecular flexibility index (Phi) is 5.73. The first-order chi connectivity index (χ1) is 13.5. The summed E-state index contributed by atoms with van der Waals surface area (Å²) in [6, 6.07) is 10.4. The summed E-state index contributed by atoms with van der Waals surface area (Å²) in [6.07, 6.45) is 4.03. The lowest BCUT2D eigenvalue weighted by molar-refractivity contribution is -0.126. The minimum Gasteiger partial charge on any atom is -0.323 e. The van der Waals surface area contributed by atoms with Gasteiger partial charge in [0.25, 0.3) is 5.91 Å². The molecule has 2 N–H and O–H groups in total. The third-order valence-corrected chi connectivity index (χ3v) is 4.36. The molecular formula is C19H21N5O4. The fraction of sp³-hybridized carbons (Fsp3) is 0.263. The maximum atomic E-state index is 12.4. The van der Waals surface area contributed by atoms with Gasteiger partial charge >= 0.3 is 6.03 Å². The molecule has 146 valence electrons. The largest absolute Gasteiger partial charge is 0.326 e. The predicted molar refractivity (Wildman–Crippen MR) is 100 cm³/mol. The molecule has 1 aromatic heterocycles. The number of imide groups is 1. The smallest absolute Gasteiger partial charge is 0.323 e. The Morgan fingerprint density at radius 2 is 1.75 bits per heavy atom. The van der Waals surface area contributed by atoms with Gasteiger partial charge < -0.3 is 9.47 Å². The zero-order valence-electron chi connectivity index (χ0n) is 15.4. The van der Waals surface area contributed by atoms with Gasteiger partial charge in [-0.3, -0.25) is 30.1 Å². The number of urea groups is 1. The average Bonchev–Trinajstić information content (AvgIpc) is 3.30. The molecule has 0 radical (unpaired) electrons. The SMILES string of the molecule is CN1CC(=O)N(CCCC(=O)NNC(=O)c2ccccc2-n2cccc2)C1=O. The number of nitrogens with one attached hydrogen (secondary N) is 2. The van der Waals surface area contributed by atoms with Crippen molar-refractivity contribution in [2.75, 3.05) is 20.1 Å². The monoisotopic (exact) mass is 383 g/mol. The number of nitrogens with zero attached hydrogens (tertiary/aromatic N) is 3. The van der Waals surface area contributed by atoms with Crippen molar-refractivity contribution < 1.29 is 19.2 Å². The first kappa shape index (κ1) is 19.2. The highest BCUT2D eigenvalue weighted by Crippen LogP contribution is 2.14. The summed E-state index contributed by atoms with van der Waals surface area (Å²) in [5.74, 6) is -1.12. The van der Waals surface area contributed by atoms with Crippen molar-refractivity contribution in [3.63, 3.8) is 0 Å². The first-order valence-corrected chi connectivity index (χ1v) is 8.84. The third kappa shape index (κ3) is 4.20. The summed E-state index contributed by atoms with van der Waals surface area (Å²) in [5, 5.41) is 0. The maximum Gasteiger partial charge on any atom is 0.326 e. The number of likely N-dealkylation sites (N-methyl/N-ethyl adjacent to an activating group) is 1. The molecule has 0 saturated carbocycles. The second-order valence-electron chi connectivity index (χ2n) is 6.40. The second kappa shape index (κ2) is 8.38. The molecule has 9 heteroatoms. The zero-order chi connectivity index (χ0) is 20.1. The van der Waals surface area contributed by atoms with Crippen LogP contribution in [-0.2, 0) is 9.59 Å². The lowest BCUT2D eigenvalue weighted by Gasteiger charge is -2.14. The fourth-order valence-electron chi connectivity index (χ4n) is 2.93. The number of hydrazine groups is 1. The molecule has 5 amide bonds. The Hall–Kier alpha value is -3.62. The van der Waals surface area contributed by atoms with Gasteiger partial charge in [-0.2, -0.15) is 0 Å². The third-order valence-electron chi connectivity index (χ3n) is 4.36. The van der Waals surface area contributed by atoms with E-state index in [1.807, 2.05) is 30.6 Å². The molecule has 9 nitrogen and oxygen atoms in total. The van der Waals surface area contributed by atoms with Crippen LogP contribution in [0.25, 0.3) is 5.69 Å². The highest BCUT2D eigenvalue weighted by atomic mass is 16.2. The fourth-order valence-corrected chi connectivity index (χ4v) is 2.93. The van der Waals surface area contributed by atoms with Gasteiger partial charge in [0.2, 0.25) is 11.8 Å². The molecule has 1 saturated heterocycles. The van der Waals surface area contributed by atoms with Crippen molar-refractivity contribution >= 4 is 23.8 Å². The second-order valence-corrected chi connectivity index (χ2v) is 6.40. The molecular weight excluding hydrogens is 362 g/mol. The zero-order valence-corrected chi connectivity index (χ0v) is 15.4. The van der Waals surface area contributed by atoms with Crippen LogP contribution in [0.1, 0.15) is 23.2 Å². The van der Waals surface area contributed by atoms with Crippen LogP contribution in [0.5, 0.6) is 0 Å². The van der Waals surface area contributed by atoms with Crippen molar-refractivity contribution in [3.8, 4) is 5.69 Å². The number of hydrogen-bond donors (Lipinski definition) is 2. The number of rotatable bonds is 6. The van der Waals surface area contributed by atoms with E-state index in [2.05, 4.69) is 10.9 Å². The number of aromatic nitrogens is 1. The molecule has 1 aliphatic rings. The van der Waals surface area contributed by atoms with Crippen molar-refractivity contribution in [2.24, 2.45) is 0 Å². The van der Waals surface area contributed by atoms with Crippen LogP contribution >= 0.6 is 0 Å². The van der Waals surface area contributed by atoms with Crippen LogP contribution in [0, 0.1) is 0 Å². The summed E-state index contributed by atoms with van der Waals surface area (Å²) in [6.45, 7) is 0.224. The van der Waals surface area contributed by atoms with Crippen molar-refractivity contribution in [1.29, 1.82) is 0 Å². The van der Waals surface area contributed by atoms with E-state index in [-0.39, 0.29) is 31.4 Å². The van der Waals surface area contributed by atoms with Crippen molar-refractivity contribution in [1.82, 2.24) is 25.2 Å². The van der Waals surface area contributed by atoms with Crippen LogP contribution in [0.3, 0.4) is 0 Å². The molecule has 1 aliphatic heterocycles. The Balaban J connectivity index is 1.48. The number of hydrogen-bond acceptors (Lipinski definition) is 4. The first-order valence-electron chi connectivity index (χ1n) is 8.84. The van der Waals surface area contributed by atoms with E-state index in [0.29, 0.717) is 17.7 Å². The van der Waals surface area contributed by atoms with E-state index in [0.717, 1.165) is 4.90 Å². The minimum absolute atomic E-state index is 0.0574. The number of benzene rings is 1. The Morgan fingerprint density at radius 3 is 2.43 bits per heavy atom. The quantitative estimate of drug-likeness (QED) is 0.572.